The van der Waals surface area contributed by atoms with E-state index in [1.807, 2.05) is 0 Å². The van der Waals surface area contributed by atoms with E-state index in [4.69, 9.17) is 45.2 Å². The van der Waals surface area contributed by atoms with Gasteiger partial charge in [0.25, 0.3) is 0 Å². The normalized spacial score (nSPS) is 13.7. The van der Waals surface area contributed by atoms with E-state index >= 15 is 0 Å². The third-order valence-electron chi connectivity index (χ3n) is 7.38. The van der Waals surface area contributed by atoms with Gasteiger partial charge in [-0.2, -0.15) is 26.3 Å². The van der Waals surface area contributed by atoms with E-state index in [1.165, 1.54) is 0 Å². The first kappa shape index (κ1) is 60.4. The van der Waals surface area contributed by atoms with Crippen LogP contribution in [0.2, 0.25) is 0 Å². The summed E-state index contributed by atoms with van der Waals surface area (Å²) in [4.78, 5) is 59.7. The van der Waals surface area contributed by atoms with Crippen molar-refractivity contribution in [1.29, 1.82) is 0 Å². The van der Waals surface area contributed by atoms with E-state index in [0.29, 0.717) is 125 Å². The number of rotatable bonds is 34. The van der Waals surface area contributed by atoms with Crippen LogP contribution in [0, 0.1) is 5.92 Å². The molecule has 366 valence electrons. The molecule has 1 saturated heterocycles. The fourth-order valence-electron chi connectivity index (χ4n) is 4.26. The number of nitrogens with zero attached hydrogens (tertiary/aromatic N) is 6. The number of alkyl halides is 6. The highest BCUT2D eigenvalue weighted by Crippen LogP contribution is 2.15. The Bertz CT molecular complexity index is 1370. The minimum absolute atomic E-state index is 0. The fourth-order valence-corrected chi connectivity index (χ4v) is 4.26. The number of carbonyl (C=O) groups excluding carboxylic acids is 5. The fraction of sp³-hybridized carbons (Fsp3) is 0.853. The van der Waals surface area contributed by atoms with Gasteiger partial charge >= 0.3 is 36.2 Å². The van der Waals surface area contributed by atoms with Crippen LogP contribution in [0.3, 0.4) is 0 Å². The number of cyclic esters (lactones) is 2. The van der Waals surface area contributed by atoms with E-state index in [-0.39, 0.29) is 45.7 Å². The molecule has 0 aliphatic carbocycles. The van der Waals surface area contributed by atoms with Gasteiger partial charge in [0.15, 0.2) is 0 Å². The minimum Gasteiger partial charge on any atom is -0.379 e. The smallest absolute Gasteiger partial charge is 0.379 e. The lowest BCUT2D eigenvalue weighted by Crippen LogP contribution is -2.37. The van der Waals surface area contributed by atoms with E-state index in [2.05, 4.69) is 35.4 Å². The largest absolute Gasteiger partial charge is 0.471 e. The SMILES string of the molecule is CC(CCCCNC(=O)C(F)(F)F)C(=O)NCCOCCOCCOCCN=[N+]=[N-].O=C1NC(CCCCNC(=O)C(F)(F)F)C(=O)O1.[HH].[N-]=[N+]=NCCOCCOCCOCCN. The highest BCUT2D eigenvalue weighted by molar-refractivity contribution is 5.95. The van der Waals surface area contributed by atoms with Gasteiger partial charge in [-0.1, -0.05) is 23.6 Å². The molecule has 4 amide bonds. The number of nitrogens with two attached hydrogens (primary N) is 1. The lowest BCUT2D eigenvalue weighted by Gasteiger charge is -2.13. The lowest BCUT2D eigenvalue weighted by atomic mass is 10.0. The van der Waals surface area contributed by atoms with Gasteiger partial charge in [0.2, 0.25) is 5.91 Å². The van der Waals surface area contributed by atoms with Crippen LogP contribution in [0.4, 0.5) is 31.1 Å². The molecule has 1 fully saturated rings. The Hall–Kier alpha value is -4.73. The van der Waals surface area contributed by atoms with Crippen molar-refractivity contribution in [3.05, 3.63) is 20.9 Å². The maximum Gasteiger partial charge on any atom is 0.471 e. The Morgan fingerprint density at radius 1 is 0.698 bits per heavy atom. The zero-order valence-corrected chi connectivity index (χ0v) is 35.1. The molecular formula is C34H61F6N11O12. The van der Waals surface area contributed by atoms with Gasteiger partial charge < -0.3 is 60.2 Å². The number of hydrogen-bond donors (Lipinski definition) is 5. The van der Waals surface area contributed by atoms with Gasteiger partial charge in [0.1, 0.15) is 6.04 Å². The number of halogens is 6. The van der Waals surface area contributed by atoms with Crippen molar-refractivity contribution in [3.63, 3.8) is 0 Å². The number of ether oxygens (including phenoxy) is 7. The van der Waals surface area contributed by atoms with Gasteiger partial charge in [0, 0.05) is 56.4 Å². The highest BCUT2D eigenvalue weighted by Gasteiger charge is 2.39. The Labute approximate surface area is 361 Å². The van der Waals surface area contributed by atoms with E-state index in [1.54, 1.807) is 17.6 Å². The van der Waals surface area contributed by atoms with Crippen LogP contribution in [0.15, 0.2) is 10.2 Å². The third-order valence-corrected chi connectivity index (χ3v) is 7.38. The zero-order chi connectivity index (χ0) is 47.6. The van der Waals surface area contributed by atoms with Gasteiger partial charge in [0.05, 0.1) is 79.3 Å². The molecule has 23 nitrogen and oxygen atoms in total. The van der Waals surface area contributed by atoms with E-state index in [0.717, 1.165) is 0 Å². The molecule has 6 N–H and O–H groups in total. The molecule has 0 aromatic heterocycles. The first-order valence-corrected chi connectivity index (χ1v) is 19.7. The van der Waals surface area contributed by atoms with Crippen molar-refractivity contribution in [2.24, 2.45) is 21.9 Å². The Kier molecular flexibility index (Phi) is 38.4. The Balaban J connectivity index is -0.000000933. The number of unbranched alkanes of at least 4 members (excludes halogenated alkanes) is 2. The zero-order valence-electron chi connectivity index (χ0n) is 35.1. The van der Waals surface area contributed by atoms with Crippen LogP contribution < -0.4 is 27.0 Å². The molecule has 1 aliphatic heterocycles. The second-order valence-electron chi connectivity index (χ2n) is 12.5. The molecule has 0 aromatic rings. The van der Waals surface area contributed by atoms with Crippen LogP contribution in [0.25, 0.3) is 20.9 Å². The first-order chi connectivity index (χ1) is 30.0. The number of esters is 1. The van der Waals surface area contributed by atoms with Gasteiger partial charge in [-0.15, -0.1) is 0 Å². The summed E-state index contributed by atoms with van der Waals surface area (Å²) in [6, 6.07) is -0.754. The molecule has 1 heterocycles. The van der Waals surface area contributed by atoms with E-state index < -0.39 is 42.3 Å². The summed E-state index contributed by atoms with van der Waals surface area (Å²) in [6.45, 7) is 8.32. The van der Waals surface area contributed by atoms with Crippen molar-refractivity contribution in [2.45, 2.75) is 63.8 Å². The minimum atomic E-state index is -4.89. The molecule has 2 unspecified atom stereocenters. The average Bonchev–Trinajstić information content (AvgIpc) is 3.56. The summed E-state index contributed by atoms with van der Waals surface area (Å²) >= 11 is 0. The molecule has 63 heavy (non-hydrogen) atoms. The predicted octanol–water partition coefficient (Wildman–Crippen LogP) is 2.97. The average molecular weight is 930 g/mol. The van der Waals surface area contributed by atoms with Crippen molar-refractivity contribution in [3.8, 4) is 0 Å². The standard InChI is InChI=1S/C17H30F3N5O5.C9H11F3N2O4.C8H18N4O3.H2/c1-14(4-2-3-5-23-16(27)17(18,19)20)15(26)22-6-8-28-10-12-30-13-11-29-9-7-24-25-21;10-9(11,12)7(16)13-4-2-1-3-5-6(15)18-8(17)14-5;9-1-3-13-5-7-15-8-6-14-4-2-11-12-10;/h14H,2-13H2,1H3,(H,22,26)(H,23,27);5H,1-4H2,(H,13,16)(H,14,17);1-9H2;1H. The molecule has 1 rings (SSSR count). The molecule has 1 aliphatic rings. The van der Waals surface area contributed by atoms with Crippen LogP contribution in [0.1, 0.15) is 46.9 Å². The second kappa shape index (κ2) is 40.1. The summed E-state index contributed by atoms with van der Waals surface area (Å²) in [7, 11) is 0. The molecule has 0 bridgehead atoms. The second-order valence-corrected chi connectivity index (χ2v) is 12.5. The Morgan fingerprint density at radius 2 is 1.13 bits per heavy atom. The molecular weight excluding hydrogens is 868 g/mol. The number of amides is 4. The Morgan fingerprint density at radius 3 is 1.54 bits per heavy atom. The quantitative estimate of drug-likeness (QED) is 0.0118. The number of hydrogen-bond acceptors (Lipinski definition) is 15. The van der Waals surface area contributed by atoms with Crippen molar-refractivity contribution in [2.75, 3.05) is 119 Å². The maximum atomic E-state index is 12.0. The predicted molar refractivity (Wildman–Crippen MR) is 211 cm³/mol. The topological polar surface area (TPSA) is 322 Å². The molecule has 2 atom stereocenters. The molecule has 0 aromatic carbocycles. The highest BCUT2D eigenvalue weighted by atomic mass is 19.4. The van der Waals surface area contributed by atoms with Crippen LogP contribution in [-0.2, 0) is 52.3 Å². The summed E-state index contributed by atoms with van der Waals surface area (Å²) in [6.07, 6.45) is -8.29. The number of azide groups is 2. The van der Waals surface area contributed by atoms with E-state index in [9.17, 15) is 50.3 Å². The lowest BCUT2D eigenvalue weighted by molar-refractivity contribution is -0.173. The van der Waals surface area contributed by atoms with Crippen molar-refractivity contribution >= 4 is 29.8 Å². The molecule has 29 heteroatoms. The summed E-state index contributed by atoms with van der Waals surface area (Å²) in [5, 5.41) is 15.1. The summed E-state index contributed by atoms with van der Waals surface area (Å²) in [5.74, 6) is -5.08. The molecule has 0 saturated carbocycles. The van der Waals surface area contributed by atoms with Gasteiger partial charge in [-0.25, -0.2) is 9.59 Å². The molecule has 0 radical (unpaired) electrons. The number of carbonyl (C=O) groups is 5. The molecule has 0 spiro atoms. The van der Waals surface area contributed by atoms with Crippen molar-refractivity contribution in [1.82, 2.24) is 21.3 Å². The summed E-state index contributed by atoms with van der Waals surface area (Å²) < 4.78 is 107. The monoisotopic (exact) mass is 929 g/mol. The van der Waals surface area contributed by atoms with Gasteiger partial charge in [-0.05, 0) is 43.2 Å². The number of alkyl carbamates (subject to hydrolysis) is 1. The van der Waals surface area contributed by atoms with Crippen LogP contribution >= 0.6 is 0 Å². The maximum absolute atomic E-state index is 12.0. The van der Waals surface area contributed by atoms with Gasteiger partial charge in [-0.3, -0.25) is 14.4 Å². The summed E-state index contributed by atoms with van der Waals surface area (Å²) in [5.41, 5.74) is 21.3. The van der Waals surface area contributed by atoms with Crippen LogP contribution in [0.5, 0.6) is 0 Å². The third kappa shape index (κ3) is 39.8. The first-order valence-electron chi connectivity index (χ1n) is 19.7. The van der Waals surface area contributed by atoms with Crippen LogP contribution in [-0.4, -0.2) is 167 Å². The van der Waals surface area contributed by atoms with Crippen molar-refractivity contribution < 1.29 is 84.9 Å². The number of nitrogens with one attached hydrogen (secondary N) is 4.